The second kappa shape index (κ2) is 14.8. The molecule has 182 valence electrons. The molecule has 2 aromatic carbocycles. The molecule has 0 radical (unpaired) electrons. The SMILES string of the molecule is O=C(Nc1cc2ccccc2[nH]1)C1CC[CH-]CC1.[CH2-]c1c(C)cc(NCCN(C)C)cc1[C-]=O.[K+]. The van der Waals surface area contributed by atoms with E-state index < -0.39 is 0 Å². The summed E-state index contributed by atoms with van der Waals surface area (Å²) < 4.78 is 0. The second-order valence-corrected chi connectivity index (χ2v) is 9.05. The van der Waals surface area contributed by atoms with Crippen LogP contribution in [0.3, 0.4) is 0 Å². The van der Waals surface area contributed by atoms with E-state index in [1.807, 2.05) is 63.7 Å². The van der Waals surface area contributed by atoms with Crippen LogP contribution in [0.5, 0.6) is 0 Å². The summed E-state index contributed by atoms with van der Waals surface area (Å²) in [6.07, 6.45) is 8.26. The van der Waals surface area contributed by atoms with Crippen LogP contribution >= 0.6 is 0 Å². The number of hydrogen-bond acceptors (Lipinski definition) is 4. The molecule has 4 rings (SSSR count). The number of rotatable bonds is 7. The fourth-order valence-electron chi connectivity index (χ4n) is 4.00. The standard InChI is InChI=1S/C15H17N2O.C13H18N2O.K/c18-15(11-6-2-1-3-7-11)17-14-10-12-8-4-5-9-13(12)16-14;1-10-7-13(14-5-6-15(3)4)8-12(9-16)11(10)2;/h1,4-5,8-11,16H,2-3,6-7H2,(H,17,18);7-8,14H,2,5-6H2,1,3-4H3;/q-1;-2;+1. The number of likely N-dealkylation sites (N-methyl/N-ethyl adjacent to an activating group) is 1. The summed E-state index contributed by atoms with van der Waals surface area (Å²) in [5.41, 5.74) is 4.31. The number of para-hydroxylation sites is 1. The summed E-state index contributed by atoms with van der Waals surface area (Å²) in [5, 5.41) is 7.39. The third-order valence-corrected chi connectivity index (χ3v) is 6.07. The quantitative estimate of drug-likeness (QED) is 0.345. The number of benzene rings is 2. The van der Waals surface area contributed by atoms with Crippen molar-refractivity contribution in [2.45, 2.75) is 32.6 Å². The molecule has 1 fully saturated rings. The molecule has 1 heterocycles. The second-order valence-electron chi connectivity index (χ2n) is 9.05. The van der Waals surface area contributed by atoms with E-state index in [2.05, 4.69) is 33.9 Å². The van der Waals surface area contributed by atoms with Gasteiger partial charge in [-0.1, -0.05) is 38.0 Å². The van der Waals surface area contributed by atoms with Crippen LogP contribution in [-0.2, 0) is 9.59 Å². The molecule has 0 saturated heterocycles. The zero-order valence-corrected chi connectivity index (χ0v) is 24.5. The molecular formula is C28H35KN4O2-2. The molecule has 35 heavy (non-hydrogen) atoms. The largest absolute Gasteiger partial charge is 1.00 e. The van der Waals surface area contributed by atoms with Gasteiger partial charge in [0.1, 0.15) is 5.82 Å². The first-order chi connectivity index (χ1) is 16.4. The molecule has 0 spiro atoms. The van der Waals surface area contributed by atoms with Gasteiger partial charge in [-0.05, 0) is 38.2 Å². The Hall–Kier alpha value is -1.61. The van der Waals surface area contributed by atoms with Gasteiger partial charge in [0.2, 0.25) is 5.91 Å². The van der Waals surface area contributed by atoms with Crippen LogP contribution in [0, 0.1) is 26.2 Å². The summed E-state index contributed by atoms with van der Waals surface area (Å²) in [5.74, 6) is 1.12. The number of hydrogen-bond donors (Lipinski definition) is 3. The molecule has 1 aromatic heterocycles. The number of amides is 1. The number of carbonyl (C=O) groups is 1. The van der Waals surface area contributed by atoms with Gasteiger partial charge in [-0.2, -0.15) is 18.9 Å². The molecule has 1 amide bonds. The zero-order chi connectivity index (χ0) is 24.5. The van der Waals surface area contributed by atoms with Crippen molar-refractivity contribution in [2.24, 2.45) is 5.92 Å². The van der Waals surface area contributed by atoms with E-state index >= 15 is 0 Å². The van der Waals surface area contributed by atoms with Crippen LogP contribution < -0.4 is 62.0 Å². The van der Waals surface area contributed by atoms with Crippen LogP contribution in [0.1, 0.15) is 42.4 Å². The predicted octanol–water partition coefficient (Wildman–Crippen LogP) is 2.11. The van der Waals surface area contributed by atoms with E-state index in [0.717, 1.165) is 72.3 Å². The minimum absolute atomic E-state index is 0. The third-order valence-electron chi connectivity index (χ3n) is 6.07. The number of fused-ring (bicyclic) bond motifs is 1. The summed E-state index contributed by atoms with van der Waals surface area (Å²) in [7, 11) is 4.05. The summed E-state index contributed by atoms with van der Waals surface area (Å²) in [6.45, 7) is 7.58. The molecule has 3 N–H and O–H groups in total. The van der Waals surface area contributed by atoms with Gasteiger partial charge < -0.3 is 31.7 Å². The molecule has 0 atom stereocenters. The first-order valence-electron chi connectivity index (χ1n) is 11.8. The zero-order valence-electron chi connectivity index (χ0n) is 21.4. The van der Waals surface area contributed by atoms with Gasteiger partial charge in [0.15, 0.2) is 0 Å². The molecule has 1 aliphatic carbocycles. The van der Waals surface area contributed by atoms with Crippen LogP contribution in [0.15, 0.2) is 42.5 Å². The van der Waals surface area contributed by atoms with Crippen molar-refractivity contribution in [1.82, 2.24) is 9.88 Å². The van der Waals surface area contributed by atoms with E-state index in [-0.39, 0.29) is 63.2 Å². The van der Waals surface area contributed by atoms with Crippen molar-refractivity contribution in [2.75, 3.05) is 37.8 Å². The maximum absolute atomic E-state index is 12.1. The number of nitrogens with zero attached hydrogens (tertiary/aromatic N) is 1. The third kappa shape index (κ3) is 9.08. The maximum atomic E-state index is 12.1. The molecule has 6 nitrogen and oxygen atoms in total. The smallest absolute Gasteiger partial charge is 0.396 e. The van der Waals surface area contributed by atoms with Crippen LogP contribution in [0.25, 0.3) is 10.9 Å². The number of aromatic amines is 1. The van der Waals surface area contributed by atoms with Crippen molar-refractivity contribution in [3.05, 3.63) is 72.5 Å². The van der Waals surface area contributed by atoms with Crippen LogP contribution in [-0.4, -0.2) is 49.3 Å². The molecule has 1 aliphatic rings. The van der Waals surface area contributed by atoms with E-state index in [4.69, 9.17) is 0 Å². The van der Waals surface area contributed by atoms with Crippen LogP contribution in [0.4, 0.5) is 11.5 Å². The Bertz CT molecular complexity index is 1070. The number of aryl methyl sites for hydroxylation is 1. The number of H-pyrrole nitrogens is 1. The molecule has 7 heteroatoms. The molecule has 0 aliphatic heterocycles. The summed E-state index contributed by atoms with van der Waals surface area (Å²) in [6, 6.07) is 13.8. The Morgan fingerprint density at radius 2 is 1.91 bits per heavy atom. The van der Waals surface area contributed by atoms with E-state index in [9.17, 15) is 9.59 Å². The summed E-state index contributed by atoms with van der Waals surface area (Å²) >= 11 is 0. The van der Waals surface area contributed by atoms with Crippen molar-refractivity contribution < 1.29 is 61.0 Å². The number of aromatic nitrogens is 1. The van der Waals surface area contributed by atoms with Gasteiger partial charge >= 0.3 is 51.4 Å². The van der Waals surface area contributed by atoms with E-state index in [0.29, 0.717) is 5.56 Å². The van der Waals surface area contributed by atoms with Crippen molar-refractivity contribution in [3.8, 4) is 0 Å². The fourth-order valence-corrected chi connectivity index (χ4v) is 4.00. The van der Waals surface area contributed by atoms with Gasteiger partial charge in [-0.25, -0.2) is 5.56 Å². The number of nitrogens with one attached hydrogen (secondary N) is 3. The van der Waals surface area contributed by atoms with Crippen molar-refractivity contribution in [3.63, 3.8) is 0 Å². The van der Waals surface area contributed by atoms with Crippen molar-refractivity contribution in [1.29, 1.82) is 0 Å². The van der Waals surface area contributed by atoms with Gasteiger partial charge in [0, 0.05) is 29.9 Å². The maximum Gasteiger partial charge on any atom is 1.00 e. The predicted molar refractivity (Wildman–Crippen MR) is 141 cm³/mol. The van der Waals surface area contributed by atoms with Gasteiger partial charge in [0.05, 0.1) is 0 Å². The minimum atomic E-state index is 0. The molecule has 0 bridgehead atoms. The van der Waals surface area contributed by atoms with E-state index in [1.54, 1.807) is 6.07 Å². The van der Waals surface area contributed by atoms with Crippen molar-refractivity contribution >= 4 is 34.6 Å². The van der Waals surface area contributed by atoms with Crippen LogP contribution in [0.2, 0.25) is 0 Å². The molecule has 0 unspecified atom stereocenters. The average Bonchev–Trinajstić information content (AvgIpc) is 3.24. The van der Waals surface area contributed by atoms with Gasteiger partial charge in [-0.3, -0.25) is 22.8 Å². The van der Waals surface area contributed by atoms with Gasteiger partial charge in [0.25, 0.3) is 0 Å². The number of anilines is 2. The monoisotopic (exact) mass is 498 g/mol. The first-order valence-corrected chi connectivity index (χ1v) is 11.8. The Balaban J connectivity index is 0.000000242. The Kier molecular flexibility index (Phi) is 12.5. The number of carbonyl (C=O) groups excluding carboxylic acids is 2. The first kappa shape index (κ1) is 29.6. The molecular weight excluding hydrogens is 463 g/mol. The Morgan fingerprint density at radius 3 is 2.57 bits per heavy atom. The fraction of sp³-hybridized carbons (Fsp3) is 0.357. The molecule has 3 aromatic rings. The topological polar surface area (TPSA) is 77.2 Å². The minimum Gasteiger partial charge on any atom is -0.396 e. The summed E-state index contributed by atoms with van der Waals surface area (Å²) in [4.78, 5) is 28.1. The van der Waals surface area contributed by atoms with E-state index in [1.165, 1.54) is 0 Å². The molecule has 1 saturated carbocycles. The Morgan fingerprint density at radius 1 is 1.20 bits per heavy atom. The van der Waals surface area contributed by atoms with Gasteiger partial charge in [-0.15, -0.1) is 6.07 Å². The normalized spacial score (nSPS) is 13.5. The Labute approximate surface area is 252 Å². The average molecular weight is 499 g/mol.